The van der Waals surface area contributed by atoms with Crippen LogP contribution in [-0.2, 0) is 6.54 Å². The molecule has 120 valence electrons. The molecule has 0 atom stereocenters. The van der Waals surface area contributed by atoms with E-state index in [1.165, 1.54) is 6.07 Å². The van der Waals surface area contributed by atoms with Crippen LogP contribution in [0.5, 0.6) is 0 Å². The highest BCUT2D eigenvalue weighted by Crippen LogP contribution is 2.05. The summed E-state index contributed by atoms with van der Waals surface area (Å²) in [6.07, 6.45) is 0. The number of guanidine groups is 1. The van der Waals surface area contributed by atoms with Gasteiger partial charge in [0.15, 0.2) is 5.96 Å². The molecule has 0 saturated carbocycles. The monoisotopic (exact) mass is 408 g/mol. The van der Waals surface area contributed by atoms with E-state index in [0.717, 1.165) is 13.1 Å². The highest BCUT2D eigenvalue weighted by atomic mass is 127. The van der Waals surface area contributed by atoms with Gasteiger partial charge in [-0.1, -0.05) is 18.2 Å². The fourth-order valence-corrected chi connectivity index (χ4v) is 1.66. The number of hydrogen-bond acceptors (Lipinski definition) is 2. The maximum Gasteiger partial charge on any atom is 0.191 e. The fourth-order valence-electron chi connectivity index (χ4n) is 1.66. The molecule has 0 unspecified atom stereocenters. The zero-order valence-corrected chi connectivity index (χ0v) is 15.5. The molecule has 1 aromatic carbocycles. The third-order valence-corrected chi connectivity index (χ3v) is 2.70. The summed E-state index contributed by atoms with van der Waals surface area (Å²) in [5, 5.41) is 9.66. The molecular formula is C15H26FIN4. The first-order valence-corrected chi connectivity index (χ1v) is 6.85. The Morgan fingerprint density at radius 2 is 1.81 bits per heavy atom. The van der Waals surface area contributed by atoms with Gasteiger partial charge in [-0.15, -0.1) is 24.0 Å². The smallest absolute Gasteiger partial charge is 0.191 e. The Kier molecular flexibility index (Phi) is 9.52. The van der Waals surface area contributed by atoms with Crippen molar-refractivity contribution >= 4 is 29.9 Å². The van der Waals surface area contributed by atoms with Gasteiger partial charge in [0, 0.05) is 37.8 Å². The molecule has 0 aromatic heterocycles. The lowest BCUT2D eigenvalue weighted by atomic mass is 10.1. The Morgan fingerprint density at radius 3 is 2.38 bits per heavy atom. The van der Waals surface area contributed by atoms with Gasteiger partial charge in [0.05, 0.1) is 0 Å². The van der Waals surface area contributed by atoms with E-state index in [0.29, 0.717) is 18.1 Å². The van der Waals surface area contributed by atoms with Crippen molar-refractivity contribution in [1.29, 1.82) is 0 Å². The number of nitrogens with one attached hydrogen (secondary N) is 3. The molecule has 0 bridgehead atoms. The standard InChI is InChI=1S/C15H25FN4.HI/c1-15(2,3)20-10-9-18-14(17-4)19-11-12-7-5-6-8-13(12)16;/h5-8,20H,9-11H2,1-4H3,(H2,17,18,19);1H. The molecule has 1 rings (SSSR count). The third-order valence-electron chi connectivity index (χ3n) is 2.70. The summed E-state index contributed by atoms with van der Waals surface area (Å²) in [6.45, 7) is 8.38. The molecular weight excluding hydrogens is 382 g/mol. The molecule has 0 spiro atoms. The molecule has 0 amide bonds. The van der Waals surface area contributed by atoms with Gasteiger partial charge in [0.1, 0.15) is 5.82 Å². The van der Waals surface area contributed by atoms with Crippen LogP contribution in [0.1, 0.15) is 26.3 Å². The summed E-state index contributed by atoms with van der Waals surface area (Å²) in [4.78, 5) is 4.11. The number of nitrogens with zero attached hydrogens (tertiary/aromatic N) is 1. The second-order valence-corrected chi connectivity index (χ2v) is 5.62. The van der Waals surface area contributed by atoms with Crippen molar-refractivity contribution in [3.63, 3.8) is 0 Å². The lowest BCUT2D eigenvalue weighted by molar-refractivity contribution is 0.428. The number of halogens is 2. The van der Waals surface area contributed by atoms with Crippen molar-refractivity contribution in [1.82, 2.24) is 16.0 Å². The maximum absolute atomic E-state index is 13.5. The van der Waals surface area contributed by atoms with Crippen LogP contribution in [0.15, 0.2) is 29.3 Å². The van der Waals surface area contributed by atoms with Crippen LogP contribution in [0.4, 0.5) is 4.39 Å². The van der Waals surface area contributed by atoms with Gasteiger partial charge >= 0.3 is 0 Å². The molecule has 6 heteroatoms. The largest absolute Gasteiger partial charge is 0.355 e. The van der Waals surface area contributed by atoms with Crippen molar-refractivity contribution in [2.75, 3.05) is 20.1 Å². The van der Waals surface area contributed by atoms with Crippen LogP contribution >= 0.6 is 24.0 Å². The van der Waals surface area contributed by atoms with Gasteiger partial charge in [-0.05, 0) is 26.8 Å². The average Bonchev–Trinajstić information content (AvgIpc) is 2.38. The Labute approximate surface area is 144 Å². The number of benzene rings is 1. The first-order valence-electron chi connectivity index (χ1n) is 6.85. The Morgan fingerprint density at radius 1 is 1.14 bits per heavy atom. The van der Waals surface area contributed by atoms with Gasteiger partial charge < -0.3 is 16.0 Å². The molecule has 0 aliphatic carbocycles. The van der Waals surface area contributed by atoms with Crippen LogP contribution in [0, 0.1) is 5.82 Å². The number of hydrogen-bond donors (Lipinski definition) is 3. The molecule has 0 fully saturated rings. The highest BCUT2D eigenvalue weighted by Gasteiger charge is 2.07. The van der Waals surface area contributed by atoms with Crippen LogP contribution < -0.4 is 16.0 Å². The minimum atomic E-state index is -0.204. The molecule has 3 N–H and O–H groups in total. The second-order valence-electron chi connectivity index (χ2n) is 5.62. The molecule has 0 radical (unpaired) electrons. The van der Waals surface area contributed by atoms with Crippen molar-refractivity contribution < 1.29 is 4.39 Å². The molecule has 0 heterocycles. The van der Waals surface area contributed by atoms with E-state index in [9.17, 15) is 4.39 Å². The molecule has 4 nitrogen and oxygen atoms in total. The van der Waals surface area contributed by atoms with Gasteiger partial charge in [-0.25, -0.2) is 4.39 Å². The van der Waals surface area contributed by atoms with Gasteiger partial charge in [-0.2, -0.15) is 0 Å². The summed E-state index contributed by atoms with van der Waals surface area (Å²) in [6, 6.07) is 6.73. The minimum absolute atomic E-state index is 0. The second kappa shape index (κ2) is 9.94. The van der Waals surface area contributed by atoms with E-state index in [4.69, 9.17) is 0 Å². The quantitative estimate of drug-likeness (QED) is 0.304. The van der Waals surface area contributed by atoms with E-state index < -0.39 is 0 Å². The highest BCUT2D eigenvalue weighted by molar-refractivity contribution is 14.0. The van der Waals surface area contributed by atoms with E-state index in [1.54, 1.807) is 19.2 Å². The van der Waals surface area contributed by atoms with Gasteiger partial charge in [0.25, 0.3) is 0 Å². The Balaban J connectivity index is 0.00000400. The summed E-state index contributed by atoms with van der Waals surface area (Å²) in [5.41, 5.74) is 0.731. The SMILES string of the molecule is CN=C(NCCNC(C)(C)C)NCc1ccccc1F.I. The Bertz CT molecular complexity index is 444. The lowest BCUT2D eigenvalue weighted by Crippen LogP contribution is -2.44. The molecule has 0 aliphatic heterocycles. The number of rotatable bonds is 5. The third kappa shape index (κ3) is 8.87. The Hall–Kier alpha value is -0.890. The summed E-state index contributed by atoms with van der Waals surface area (Å²) in [5.74, 6) is 0.466. The van der Waals surface area contributed by atoms with E-state index in [2.05, 4.69) is 41.7 Å². The maximum atomic E-state index is 13.5. The van der Waals surface area contributed by atoms with Gasteiger partial charge in [0.2, 0.25) is 0 Å². The fraction of sp³-hybridized carbons (Fsp3) is 0.533. The average molecular weight is 408 g/mol. The van der Waals surface area contributed by atoms with Crippen LogP contribution in [0.2, 0.25) is 0 Å². The van der Waals surface area contributed by atoms with Crippen LogP contribution in [-0.4, -0.2) is 31.6 Å². The topological polar surface area (TPSA) is 48.5 Å². The predicted molar refractivity (Wildman–Crippen MR) is 97.8 cm³/mol. The van der Waals surface area contributed by atoms with Crippen LogP contribution in [0.25, 0.3) is 0 Å². The summed E-state index contributed by atoms with van der Waals surface area (Å²) in [7, 11) is 1.70. The van der Waals surface area contributed by atoms with Crippen molar-refractivity contribution in [3.8, 4) is 0 Å². The zero-order chi connectivity index (χ0) is 15.0. The first kappa shape index (κ1) is 20.1. The minimum Gasteiger partial charge on any atom is -0.355 e. The summed E-state index contributed by atoms with van der Waals surface area (Å²) >= 11 is 0. The van der Waals surface area contributed by atoms with Crippen molar-refractivity contribution in [2.45, 2.75) is 32.9 Å². The van der Waals surface area contributed by atoms with Crippen molar-refractivity contribution in [3.05, 3.63) is 35.6 Å². The number of aliphatic imine (C=N–C) groups is 1. The van der Waals surface area contributed by atoms with E-state index in [-0.39, 0.29) is 35.3 Å². The van der Waals surface area contributed by atoms with E-state index in [1.807, 2.05) is 6.07 Å². The normalized spacial score (nSPS) is 11.8. The molecule has 0 saturated heterocycles. The lowest BCUT2D eigenvalue weighted by Gasteiger charge is -2.21. The van der Waals surface area contributed by atoms with Gasteiger partial charge in [-0.3, -0.25) is 4.99 Å². The molecule has 21 heavy (non-hydrogen) atoms. The molecule has 1 aromatic rings. The van der Waals surface area contributed by atoms with Crippen molar-refractivity contribution in [2.24, 2.45) is 4.99 Å². The zero-order valence-electron chi connectivity index (χ0n) is 13.2. The molecule has 0 aliphatic rings. The predicted octanol–water partition coefficient (Wildman–Crippen LogP) is 2.50. The van der Waals surface area contributed by atoms with E-state index >= 15 is 0 Å². The first-order chi connectivity index (χ1) is 9.42. The summed E-state index contributed by atoms with van der Waals surface area (Å²) < 4.78 is 13.5. The van der Waals surface area contributed by atoms with Crippen LogP contribution in [0.3, 0.4) is 0 Å².